The molecule has 3 heteroatoms. The van der Waals surface area contributed by atoms with Gasteiger partial charge in [0.2, 0.25) is 0 Å². The van der Waals surface area contributed by atoms with Crippen LogP contribution >= 0.6 is 12.2 Å². The van der Waals surface area contributed by atoms with Crippen molar-refractivity contribution in [3.8, 4) is 0 Å². The average molecular weight is 327 g/mol. The number of hydrogen-bond donors (Lipinski definition) is 2. The van der Waals surface area contributed by atoms with E-state index in [9.17, 15) is 0 Å². The summed E-state index contributed by atoms with van der Waals surface area (Å²) >= 11 is 5.52. The lowest BCUT2D eigenvalue weighted by Gasteiger charge is -2.21. The quantitative estimate of drug-likeness (QED) is 0.740. The molecule has 0 radical (unpaired) electrons. The highest BCUT2D eigenvalue weighted by Gasteiger charge is 2.12. The molecule has 0 spiro atoms. The molecular formula is C20H26N2S. The average Bonchev–Trinajstić information content (AvgIpc) is 2.51. The highest BCUT2D eigenvalue weighted by Crippen LogP contribution is 2.21. The highest BCUT2D eigenvalue weighted by atomic mass is 32.1. The third-order valence-corrected chi connectivity index (χ3v) is 4.51. The molecule has 1 atom stereocenters. The molecule has 0 aliphatic heterocycles. The van der Waals surface area contributed by atoms with Gasteiger partial charge in [-0.05, 0) is 80.2 Å². The van der Waals surface area contributed by atoms with Crippen molar-refractivity contribution in [2.45, 2.75) is 47.1 Å². The van der Waals surface area contributed by atoms with Crippen molar-refractivity contribution in [1.29, 1.82) is 0 Å². The van der Waals surface area contributed by atoms with Crippen molar-refractivity contribution < 1.29 is 0 Å². The minimum Gasteiger partial charge on any atom is -0.356 e. The lowest BCUT2D eigenvalue weighted by Crippen LogP contribution is -2.32. The topological polar surface area (TPSA) is 24.1 Å². The molecule has 0 fully saturated rings. The van der Waals surface area contributed by atoms with Crippen LogP contribution in [0.5, 0.6) is 0 Å². The largest absolute Gasteiger partial charge is 0.356 e. The normalized spacial score (nSPS) is 11.9. The maximum atomic E-state index is 5.52. The molecule has 2 rings (SSSR count). The van der Waals surface area contributed by atoms with E-state index in [4.69, 9.17) is 12.2 Å². The van der Waals surface area contributed by atoms with Crippen molar-refractivity contribution in [3.05, 3.63) is 64.2 Å². The molecule has 0 heterocycles. The van der Waals surface area contributed by atoms with Crippen LogP contribution in [0.1, 0.15) is 47.2 Å². The Bertz CT molecular complexity index is 707. The van der Waals surface area contributed by atoms with Gasteiger partial charge in [-0.1, -0.05) is 37.3 Å². The molecule has 23 heavy (non-hydrogen) atoms. The lowest BCUT2D eigenvalue weighted by molar-refractivity contribution is 0.628. The van der Waals surface area contributed by atoms with Crippen LogP contribution < -0.4 is 10.6 Å². The molecule has 2 aromatic carbocycles. The minimum absolute atomic E-state index is 0.222. The highest BCUT2D eigenvalue weighted by molar-refractivity contribution is 7.80. The third-order valence-electron chi connectivity index (χ3n) is 4.29. The van der Waals surface area contributed by atoms with Gasteiger partial charge < -0.3 is 10.6 Å². The molecule has 0 aromatic heterocycles. The fraction of sp³-hybridized carbons (Fsp3) is 0.350. The Hall–Kier alpha value is -1.87. The number of benzene rings is 2. The molecule has 2 nitrogen and oxygen atoms in total. The summed E-state index contributed by atoms with van der Waals surface area (Å²) in [5.74, 6) is 0. The van der Waals surface area contributed by atoms with Crippen LogP contribution in [-0.4, -0.2) is 5.11 Å². The maximum Gasteiger partial charge on any atom is 0.171 e. The Morgan fingerprint density at radius 2 is 1.65 bits per heavy atom. The first-order valence-electron chi connectivity index (χ1n) is 8.12. The van der Waals surface area contributed by atoms with Gasteiger partial charge in [-0.2, -0.15) is 0 Å². The smallest absolute Gasteiger partial charge is 0.171 e. The van der Waals surface area contributed by atoms with Crippen LogP contribution in [0.2, 0.25) is 0 Å². The minimum atomic E-state index is 0.222. The van der Waals surface area contributed by atoms with Crippen LogP contribution in [0.15, 0.2) is 36.4 Å². The van der Waals surface area contributed by atoms with E-state index in [1.807, 2.05) is 0 Å². The van der Waals surface area contributed by atoms with Crippen molar-refractivity contribution in [3.63, 3.8) is 0 Å². The summed E-state index contributed by atoms with van der Waals surface area (Å²) in [6.45, 7) is 10.6. The zero-order chi connectivity index (χ0) is 17.0. The summed E-state index contributed by atoms with van der Waals surface area (Å²) in [5.41, 5.74) is 7.40. The molecule has 0 bridgehead atoms. The molecule has 0 amide bonds. The summed E-state index contributed by atoms with van der Waals surface area (Å²) < 4.78 is 0. The second-order valence-electron chi connectivity index (χ2n) is 6.22. The molecule has 0 aliphatic rings. The molecule has 122 valence electrons. The fourth-order valence-corrected chi connectivity index (χ4v) is 2.84. The van der Waals surface area contributed by atoms with Gasteiger partial charge in [-0.3, -0.25) is 0 Å². The molecule has 1 unspecified atom stereocenters. The van der Waals surface area contributed by atoms with Crippen LogP contribution in [-0.2, 0) is 0 Å². The van der Waals surface area contributed by atoms with E-state index in [-0.39, 0.29) is 6.04 Å². The Balaban J connectivity index is 2.10. The Morgan fingerprint density at radius 3 is 2.30 bits per heavy atom. The molecular weight excluding hydrogens is 300 g/mol. The van der Waals surface area contributed by atoms with Gasteiger partial charge >= 0.3 is 0 Å². The lowest BCUT2D eigenvalue weighted by atomic mass is 9.99. The third kappa shape index (κ3) is 4.55. The Morgan fingerprint density at radius 1 is 0.957 bits per heavy atom. The van der Waals surface area contributed by atoms with E-state index >= 15 is 0 Å². The number of hydrogen-bond acceptors (Lipinski definition) is 1. The van der Waals surface area contributed by atoms with Crippen molar-refractivity contribution in [2.75, 3.05) is 5.32 Å². The zero-order valence-corrected chi connectivity index (χ0v) is 15.5. The number of anilines is 1. The van der Waals surface area contributed by atoms with Gasteiger partial charge in [0.05, 0.1) is 6.04 Å². The van der Waals surface area contributed by atoms with Gasteiger partial charge in [-0.15, -0.1) is 0 Å². The zero-order valence-electron chi connectivity index (χ0n) is 14.7. The maximum absolute atomic E-state index is 5.52. The molecule has 0 saturated carbocycles. The van der Waals surface area contributed by atoms with E-state index in [1.54, 1.807) is 0 Å². The van der Waals surface area contributed by atoms with Gasteiger partial charge in [-0.25, -0.2) is 0 Å². The Labute approximate surface area is 145 Å². The molecule has 0 aliphatic carbocycles. The molecule has 2 aromatic rings. The molecule has 0 saturated heterocycles. The second-order valence-corrected chi connectivity index (χ2v) is 6.63. The van der Waals surface area contributed by atoms with E-state index in [0.717, 1.165) is 12.1 Å². The van der Waals surface area contributed by atoms with E-state index in [0.29, 0.717) is 5.11 Å². The number of nitrogens with one attached hydrogen (secondary N) is 2. The predicted octanol–water partition coefficient (Wildman–Crippen LogP) is 5.36. The van der Waals surface area contributed by atoms with Crippen LogP contribution in [0.3, 0.4) is 0 Å². The Kier molecular flexibility index (Phi) is 5.78. The summed E-state index contributed by atoms with van der Waals surface area (Å²) in [5, 5.41) is 7.45. The SMILES string of the molecule is CCC(NC(=S)Nc1cc(C)ccc1C)c1ccc(C)c(C)c1. The van der Waals surface area contributed by atoms with Crippen molar-refractivity contribution >= 4 is 23.0 Å². The van der Waals surface area contributed by atoms with Gasteiger partial charge in [0.15, 0.2) is 5.11 Å². The fourth-order valence-electron chi connectivity index (χ4n) is 2.59. The summed E-state index contributed by atoms with van der Waals surface area (Å²) in [4.78, 5) is 0. The van der Waals surface area contributed by atoms with E-state index in [1.165, 1.54) is 27.8 Å². The number of rotatable bonds is 4. The van der Waals surface area contributed by atoms with E-state index < -0.39 is 0 Å². The number of aryl methyl sites for hydroxylation is 4. The van der Waals surface area contributed by atoms with Gasteiger partial charge in [0, 0.05) is 5.69 Å². The van der Waals surface area contributed by atoms with Crippen LogP contribution in [0.4, 0.5) is 5.69 Å². The number of thiocarbonyl (C=S) groups is 1. The standard InChI is InChI=1S/C20H26N2S/c1-6-18(17-10-9-14(3)16(5)12-17)21-20(23)22-19-11-13(2)7-8-15(19)4/h7-12,18H,6H2,1-5H3,(H2,21,22,23). The first-order valence-corrected chi connectivity index (χ1v) is 8.53. The summed E-state index contributed by atoms with van der Waals surface area (Å²) in [6, 6.07) is 13.2. The molecule has 2 N–H and O–H groups in total. The first-order chi connectivity index (χ1) is 10.9. The van der Waals surface area contributed by atoms with Crippen LogP contribution in [0.25, 0.3) is 0 Å². The van der Waals surface area contributed by atoms with Crippen molar-refractivity contribution in [1.82, 2.24) is 5.32 Å². The second kappa shape index (κ2) is 7.60. The first kappa shape index (κ1) is 17.5. The predicted molar refractivity (Wildman–Crippen MR) is 104 cm³/mol. The summed E-state index contributed by atoms with van der Waals surface area (Å²) in [6.07, 6.45) is 0.983. The van der Waals surface area contributed by atoms with Gasteiger partial charge in [0.25, 0.3) is 0 Å². The van der Waals surface area contributed by atoms with Crippen molar-refractivity contribution in [2.24, 2.45) is 0 Å². The monoisotopic (exact) mass is 326 g/mol. The van der Waals surface area contributed by atoms with E-state index in [2.05, 4.69) is 81.7 Å². The summed E-state index contributed by atoms with van der Waals surface area (Å²) in [7, 11) is 0. The van der Waals surface area contributed by atoms with Gasteiger partial charge in [0.1, 0.15) is 0 Å². The van der Waals surface area contributed by atoms with Crippen LogP contribution in [0, 0.1) is 27.7 Å².